The van der Waals surface area contributed by atoms with Crippen LogP contribution < -0.4 is 0 Å². The SMILES string of the molecule is Cc1ccc(S(=O)(=O)N2CCCC2)cc1C(=O)N1CCC(C(=O)O)CC1. The Kier molecular flexibility index (Phi) is 5.34. The van der Waals surface area contributed by atoms with Crippen molar-refractivity contribution in [2.45, 2.75) is 37.5 Å². The number of carbonyl (C=O) groups is 2. The maximum Gasteiger partial charge on any atom is 0.306 e. The molecule has 0 spiro atoms. The molecule has 2 heterocycles. The quantitative estimate of drug-likeness (QED) is 0.858. The van der Waals surface area contributed by atoms with Gasteiger partial charge < -0.3 is 10.0 Å². The van der Waals surface area contributed by atoms with E-state index in [4.69, 9.17) is 5.11 Å². The van der Waals surface area contributed by atoms with E-state index in [2.05, 4.69) is 0 Å². The largest absolute Gasteiger partial charge is 0.481 e. The van der Waals surface area contributed by atoms with E-state index in [1.54, 1.807) is 24.0 Å². The molecule has 0 radical (unpaired) electrons. The summed E-state index contributed by atoms with van der Waals surface area (Å²) >= 11 is 0. The van der Waals surface area contributed by atoms with Crippen molar-refractivity contribution < 1.29 is 23.1 Å². The molecule has 7 nitrogen and oxygen atoms in total. The summed E-state index contributed by atoms with van der Waals surface area (Å²) in [6, 6.07) is 4.69. The molecule has 0 saturated carbocycles. The molecule has 1 N–H and O–H groups in total. The van der Waals surface area contributed by atoms with Crippen LogP contribution in [0.4, 0.5) is 0 Å². The number of aliphatic carboxylic acids is 1. The average molecular weight is 380 g/mol. The van der Waals surface area contributed by atoms with E-state index in [1.165, 1.54) is 10.4 Å². The Bertz CT molecular complexity index is 807. The van der Waals surface area contributed by atoms with Crippen LogP contribution in [0.15, 0.2) is 23.1 Å². The molecule has 2 aliphatic rings. The number of aryl methyl sites for hydroxylation is 1. The van der Waals surface area contributed by atoms with Crippen LogP contribution >= 0.6 is 0 Å². The Hall–Kier alpha value is -1.93. The van der Waals surface area contributed by atoms with Crippen LogP contribution in [-0.2, 0) is 14.8 Å². The predicted octanol–water partition coefficient (Wildman–Crippen LogP) is 1.72. The topological polar surface area (TPSA) is 95.0 Å². The summed E-state index contributed by atoms with van der Waals surface area (Å²) in [5, 5.41) is 9.08. The standard InChI is InChI=1S/C18H24N2O5S/c1-13-4-5-15(26(24,25)20-8-2-3-9-20)12-16(13)17(21)19-10-6-14(7-11-19)18(22)23/h4-5,12,14H,2-3,6-11H2,1H3,(H,22,23). The minimum Gasteiger partial charge on any atom is -0.481 e. The Morgan fingerprint density at radius 1 is 1.08 bits per heavy atom. The van der Waals surface area contributed by atoms with Gasteiger partial charge in [0.1, 0.15) is 0 Å². The van der Waals surface area contributed by atoms with E-state index in [9.17, 15) is 18.0 Å². The van der Waals surface area contributed by atoms with Crippen molar-refractivity contribution in [3.8, 4) is 0 Å². The second-order valence-corrected chi connectivity index (χ2v) is 8.93. The van der Waals surface area contributed by atoms with Crippen molar-refractivity contribution in [2.24, 2.45) is 5.92 Å². The van der Waals surface area contributed by atoms with Gasteiger partial charge in [0.05, 0.1) is 10.8 Å². The lowest BCUT2D eigenvalue weighted by atomic mass is 9.96. The minimum absolute atomic E-state index is 0.147. The van der Waals surface area contributed by atoms with Crippen LogP contribution in [0.2, 0.25) is 0 Å². The molecule has 2 saturated heterocycles. The number of piperidine rings is 1. The third kappa shape index (κ3) is 3.61. The van der Waals surface area contributed by atoms with Gasteiger partial charge in [0.25, 0.3) is 5.91 Å². The number of hydrogen-bond acceptors (Lipinski definition) is 4. The van der Waals surface area contributed by atoms with Gasteiger partial charge in [0, 0.05) is 31.7 Å². The van der Waals surface area contributed by atoms with Crippen molar-refractivity contribution in [1.29, 1.82) is 0 Å². The van der Waals surface area contributed by atoms with Crippen molar-refractivity contribution in [2.75, 3.05) is 26.2 Å². The Morgan fingerprint density at radius 3 is 2.27 bits per heavy atom. The summed E-state index contributed by atoms with van der Waals surface area (Å²) in [6.45, 7) is 3.56. The number of carboxylic acids is 1. The lowest BCUT2D eigenvalue weighted by Gasteiger charge is -2.30. The summed E-state index contributed by atoms with van der Waals surface area (Å²) in [5.74, 6) is -1.47. The van der Waals surface area contributed by atoms with Gasteiger partial charge in [-0.05, 0) is 50.3 Å². The highest BCUT2D eigenvalue weighted by molar-refractivity contribution is 7.89. The van der Waals surface area contributed by atoms with Crippen molar-refractivity contribution in [3.05, 3.63) is 29.3 Å². The van der Waals surface area contributed by atoms with Crippen molar-refractivity contribution in [3.63, 3.8) is 0 Å². The molecule has 8 heteroatoms. The predicted molar refractivity (Wildman–Crippen MR) is 95.4 cm³/mol. The second-order valence-electron chi connectivity index (χ2n) is 6.99. The number of likely N-dealkylation sites (tertiary alicyclic amines) is 1. The first kappa shape index (κ1) is 18.8. The van der Waals surface area contributed by atoms with Crippen LogP contribution in [0.25, 0.3) is 0 Å². The van der Waals surface area contributed by atoms with Crippen LogP contribution in [-0.4, -0.2) is 60.8 Å². The van der Waals surface area contributed by atoms with Crippen LogP contribution in [0.5, 0.6) is 0 Å². The molecule has 0 atom stereocenters. The van der Waals surface area contributed by atoms with Gasteiger partial charge in [-0.15, -0.1) is 0 Å². The smallest absolute Gasteiger partial charge is 0.306 e. The fourth-order valence-corrected chi connectivity index (χ4v) is 5.11. The summed E-state index contributed by atoms with van der Waals surface area (Å²) in [6.07, 6.45) is 2.56. The number of carbonyl (C=O) groups excluding carboxylic acids is 1. The zero-order chi connectivity index (χ0) is 18.9. The summed E-state index contributed by atoms with van der Waals surface area (Å²) in [7, 11) is -3.58. The number of carboxylic acid groups (broad SMARTS) is 1. The monoisotopic (exact) mass is 380 g/mol. The van der Waals surface area contributed by atoms with E-state index in [-0.39, 0.29) is 10.8 Å². The zero-order valence-electron chi connectivity index (χ0n) is 14.8. The van der Waals surface area contributed by atoms with Gasteiger partial charge in [0.2, 0.25) is 10.0 Å². The zero-order valence-corrected chi connectivity index (χ0v) is 15.7. The van der Waals surface area contributed by atoms with Gasteiger partial charge in [-0.1, -0.05) is 6.07 Å². The molecule has 0 aromatic heterocycles. The normalized spacial score (nSPS) is 19.7. The first-order valence-corrected chi connectivity index (χ1v) is 10.4. The number of nitrogens with zero attached hydrogens (tertiary/aromatic N) is 2. The average Bonchev–Trinajstić information content (AvgIpc) is 3.17. The van der Waals surface area contributed by atoms with Gasteiger partial charge in [-0.2, -0.15) is 4.31 Å². The third-order valence-electron chi connectivity index (χ3n) is 5.27. The molecule has 1 amide bonds. The minimum atomic E-state index is -3.58. The highest BCUT2D eigenvalue weighted by Crippen LogP contribution is 2.25. The van der Waals surface area contributed by atoms with Gasteiger partial charge in [-0.3, -0.25) is 9.59 Å². The first-order chi connectivity index (χ1) is 12.3. The molecule has 1 aromatic rings. The van der Waals surface area contributed by atoms with E-state index < -0.39 is 21.9 Å². The molecule has 26 heavy (non-hydrogen) atoms. The maximum atomic E-state index is 12.9. The lowest BCUT2D eigenvalue weighted by molar-refractivity contribution is -0.143. The molecular weight excluding hydrogens is 356 g/mol. The molecule has 2 fully saturated rings. The number of rotatable bonds is 4. The van der Waals surface area contributed by atoms with E-state index in [0.29, 0.717) is 44.6 Å². The summed E-state index contributed by atoms with van der Waals surface area (Å²) in [4.78, 5) is 25.7. The highest BCUT2D eigenvalue weighted by Gasteiger charge is 2.31. The Morgan fingerprint density at radius 2 is 1.69 bits per heavy atom. The second kappa shape index (κ2) is 7.36. The molecule has 0 unspecified atom stereocenters. The van der Waals surface area contributed by atoms with Crippen LogP contribution in [0.3, 0.4) is 0 Å². The number of benzene rings is 1. The van der Waals surface area contributed by atoms with Gasteiger partial charge >= 0.3 is 5.97 Å². The lowest BCUT2D eigenvalue weighted by Crippen LogP contribution is -2.40. The molecule has 3 rings (SSSR count). The van der Waals surface area contributed by atoms with Crippen LogP contribution in [0, 0.1) is 12.8 Å². The van der Waals surface area contributed by atoms with Gasteiger partial charge in [0.15, 0.2) is 0 Å². The summed E-state index contributed by atoms with van der Waals surface area (Å²) in [5.41, 5.74) is 1.09. The molecular formula is C18H24N2O5S. The fourth-order valence-electron chi connectivity index (χ4n) is 3.57. The Balaban J connectivity index is 1.82. The fraction of sp³-hybridized carbons (Fsp3) is 0.556. The molecule has 142 valence electrons. The summed E-state index contributed by atoms with van der Waals surface area (Å²) < 4.78 is 27.0. The number of hydrogen-bond donors (Lipinski definition) is 1. The Labute approximate surface area is 153 Å². The van der Waals surface area contributed by atoms with Crippen LogP contribution in [0.1, 0.15) is 41.6 Å². The molecule has 2 aliphatic heterocycles. The van der Waals surface area contributed by atoms with Crippen molar-refractivity contribution >= 4 is 21.9 Å². The number of sulfonamides is 1. The van der Waals surface area contributed by atoms with E-state index in [1.807, 2.05) is 0 Å². The first-order valence-electron chi connectivity index (χ1n) is 8.93. The number of amides is 1. The van der Waals surface area contributed by atoms with Crippen molar-refractivity contribution in [1.82, 2.24) is 9.21 Å². The highest BCUT2D eigenvalue weighted by atomic mass is 32.2. The molecule has 0 bridgehead atoms. The van der Waals surface area contributed by atoms with E-state index >= 15 is 0 Å². The maximum absolute atomic E-state index is 12.9. The third-order valence-corrected chi connectivity index (χ3v) is 7.17. The molecule has 0 aliphatic carbocycles. The van der Waals surface area contributed by atoms with E-state index in [0.717, 1.165) is 18.4 Å². The van der Waals surface area contributed by atoms with Gasteiger partial charge in [-0.25, -0.2) is 8.42 Å². The molecule has 1 aromatic carbocycles.